The molecular weight excluding hydrogens is 322 g/mol. The molecule has 0 unspecified atom stereocenters. The largest absolute Gasteiger partial charge is 0.462 e. The summed E-state index contributed by atoms with van der Waals surface area (Å²) in [5, 5.41) is 7.01. The molecule has 0 aliphatic carbocycles. The lowest BCUT2D eigenvalue weighted by Gasteiger charge is -2.27. The van der Waals surface area contributed by atoms with Crippen molar-refractivity contribution < 1.29 is 14.4 Å². The van der Waals surface area contributed by atoms with E-state index in [0.717, 1.165) is 24.7 Å². The van der Waals surface area contributed by atoms with Gasteiger partial charge in [-0.05, 0) is 62.2 Å². The molecule has 1 aromatic rings. The number of benzene rings is 1. The summed E-state index contributed by atoms with van der Waals surface area (Å²) < 4.78 is 4.97. The second-order valence-corrected chi connectivity index (χ2v) is 6.77. The molecule has 132 valence electrons. The van der Waals surface area contributed by atoms with Crippen LogP contribution in [0.15, 0.2) is 24.3 Å². The van der Waals surface area contributed by atoms with Gasteiger partial charge in [0.2, 0.25) is 0 Å². The number of ether oxygens (including phenoxy) is 1. The Bertz CT molecular complexity index is 540. The number of carbonyl (C=O) groups is 1. The first-order valence-electron chi connectivity index (χ1n) is 8.74. The van der Waals surface area contributed by atoms with E-state index in [2.05, 4.69) is 17.6 Å². The fourth-order valence-corrected chi connectivity index (χ4v) is 3.07. The van der Waals surface area contributed by atoms with Gasteiger partial charge in [-0.2, -0.15) is 0 Å². The molecule has 3 N–H and O–H groups in total. The Labute approximate surface area is 149 Å². The van der Waals surface area contributed by atoms with E-state index in [1.165, 1.54) is 25.9 Å². The number of anilines is 1. The molecule has 1 fully saturated rings. The van der Waals surface area contributed by atoms with Crippen LogP contribution in [0.3, 0.4) is 0 Å². The van der Waals surface area contributed by atoms with Crippen LogP contribution in [-0.2, 0) is 4.74 Å². The zero-order valence-corrected chi connectivity index (χ0v) is 15.4. The summed E-state index contributed by atoms with van der Waals surface area (Å²) in [6.45, 7) is 9.00. The quantitative estimate of drug-likeness (QED) is 0.536. The van der Waals surface area contributed by atoms with Gasteiger partial charge in [-0.1, -0.05) is 6.92 Å². The summed E-state index contributed by atoms with van der Waals surface area (Å²) in [5.74, 6) is 0.575. The molecule has 1 aliphatic heterocycles. The third-order valence-electron chi connectivity index (χ3n) is 4.40. The van der Waals surface area contributed by atoms with E-state index in [0.29, 0.717) is 17.3 Å². The van der Waals surface area contributed by atoms with Crippen molar-refractivity contribution >= 4 is 29.0 Å². The zero-order chi connectivity index (χ0) is 17.4. The Hall–Kier alpha value is -1.66. The van der Waals surface area contributed by atoms with Crippen LogP contribution in [0.5, 0.6) is 0 Å². The SMILES string of the molecule is CCOC(=O)c1ccc(NC(=S)NCC[NH+]2CCC(C)CC2)cc1. The molecule has 0 amide bonds. The highest BCUT2D eigenvalue weighted by molar-refractivity contribution is 7.80. The zero-order valence-electron chi connectivity index (χ0n) is 14.6. The van der Waals surface area contributed by atoms with E-state index in [1.54, 1.807) is 24.0 Å². The van der Waals surface area contributed by atoms with Crippen LogP contribution in [0.25, 0.3) is 0 Å². The number of thiocarbonyl (C=S) groups is 1. The van der Waals surface area contributed by atoms with Crippen LogP contribution in [0, 0.1) is 5.92 Å². The van der Waals surface area contributed by atoms with Gasteiger partial charge in [-0.3, -0.25) is 0 Å². The topological polar surface area (TPSA) is 54.8 Å². The summed E-state index contributed by atoms with van der Waals surface area (Å²) in [7, 11) is 0. The van der Waals surface area contributed by atoms with Crippen LogP contribution in [0.4, 0.5) is 5.69 Å². The number of quaternary nitrogens is 1. The molecule has 0 aromatic heterocycles. The Morgan fingerprint density at radius 1 is 1.29 bits per heavy atom. The van der Waals surface area contributed by atoms with E-state index >= 15 is 0 Å². The van der Waals surface area contributed by atoms with E-state index < -0.39 is 0 Å². The van der Waals surface area contributed by atoms with Crippen LogP contribution >= 0.6 is 12.2 Å². The van der Waals surface area contributed by atoms with Gasteiger partial charge in [0.05, 0.1) is 38.3 Å². The Balaban J connectivity index is 1.69. The molecule has 1 aromatic carbocycles. The number of piperidine rings is 1. The fourth-order valence-electron chi connectivity index (χ4n) is 2.85. The minimum atomic E-state index is -0.302. The van der Waals surface area contributed by atoms with E-state index in [-0.39, 0.29) is 5.97 Å². The molecule has 0 saturated carbocycles. The van der Waals surface area contributed by atoms with Crippen molar-refractivity contribution in [3.05, 3.63) is 29.8 Å². The lowest BCUT2D eigenvalue weighted by Crippen LogP contribution is -3.13. The molecule has 24 heavy (non-hydrogen) atoms. The Kier molecular flexibility index (Phi) is 7.46. The Morgan fingerprint density at radius 3 is 2.58 bits per heavy atom. The summed E-state index contributed by atoms with van der Waals surface area (Å²) in [6.07, 6.45) is 2.65. The maximum Gasteiger partial charge on any atom is 0.338 e. The first kappa shape index (κ1) is 18.7. The van der Waals surface area contributed by atoms with Gasteiger partial charge in [0.15, 0.2) is 5.11 Å². The average Bonchev–Trinajstić information content (AvgIpc) is 2.57. The average molecular weight is 351 g/mol. The first-order chi connectivity index (χ1) is 11.6. The number of rotatable bonds is 6. The maximum atomic E-state index is 11.6. The van der Waals surface area contributed by atoms with Crippen LogP contribution in [0.2, 0.25) is 0 Å². The fraction of sp³-hybridized carbons (Fsp3) is 0.556. The van der Waals surface area contributed by atoms with Crippen molar-refractivity contribution in [3.63, 3.8) is 0 Å². The van der Waals surface area contributed by atoms with Gasteiger partial charge in [-0.25, -0.2) is 4.79 Å². The van der Waals surface area contributed by atoms with Crippen molar-refractivity contribution in [1.29, 1.82) is 0 Å². The van der Waals surface area contributed by atoms with E-state index in [9.17, 15) is 4.79 Å². The van der Waals surface area contributed by atoms with Crippen LogP contribution in [-0.4, -0.2) is 43.9 Å². The molecule has 0 bridgehead atoms. The molecule has 5 nitrogen and oxygen atoms in total. The number of hydrogen-bond donors (Lipinski definition) is 3. The normalized spacial score (nSPS) is 20.2. The first-order valence-corrected chi connectivity index (χ1v) is 9.15. The van der Waals surface area contributed by atoms with E-state index in [1.807, 2.05) is 12.1 Å². The van der Waals surface area contributed by atoms with Crippen LogP contribution in [0.1, 0.15) is 37.0 Å². The highest BCUT2D eigenvalue weighted by Gasteiger charge is 2.18. The molecule has 6 heteroatoms. The summed E-state index contributed by atoms with van der Waals surface area (Å²) in [4.78, 5) is 13.3. The van der Waals surface area contributed by atoms with Gasteiger partial charge >= 0.3 is 5.97 Å². The molecule has 1 aliphatic rings. The van der Waals surface area contributed by atoms with Gasteiger partial charge in [0.1, 0.15) is 0 Å². The van der Waals surface area contributed by atoms with Crippen molar-refractivity contribution in [2.24, 2.45) is 5.92 Å². The number of nitrogens with one attached hydrogen (secondary N) is 3. The second-order valence-electron chi connectivity index (χ2n) is 6.36. The van der Waals surface area contributed by atoms with Crippen molar-refractivity contribution in [2.75, 3.05) is 38.1 Å². The molecular formula is C18H28N3O2S+. The third-order valence-corrected chi connectivity index (χ3v) is 4.65. The van der Waals surface area contributed by atoms with Crippen LogP contribution < -0.4 is 15.5 Å². The lowest BCUT2D eigenvalue weighted by molar-refractivity contribution is -0.904. The van der Waals surface area contributed by atoms with Crippen molar-refractivity contribution in [3.8, 4) is 0 Å². The highest BCUT2D eigenvalue weighted by atomic mass is 32.1. The maximum absolute atomic E-state index is 11.6. The number of esters is 1. The van der Waals surface area contributed by atoms with Gasteiger partial charge in [-0.15, -0.1) is 0 Å². The smallest absolute Gasteiger partial charge is 0.338 e. The highest BCUT2D eigenvalue weighted by Crippen LogP contribution is 2.10. The molecule has 0 atom stereocenters. The van der Waals surface area contributed by atoms with Gasteiger partial charge in [0.25, 0.3) is 0 Å². The predicted molar refractivity (Wildman–Crippen MR) is 101 cm³/mol. The standard InChI is InChI=1S/C18H27N3O2S/c1-3-23-17(22)15-4-6-16(7-5-15)20-18(24)19-10-13-21-11-8-14(2)9-12-21/h4-7,14H,3,8-13H2,1-2H3,(H2,19,20,24)/p+1. The number of likely N-dealkylation sites (tertiary alicyclic amines) is 1. The molecule has 0 spiro atoms. The van der Waals surface area contributed by atoms with Crippen molar-refractivity contribution in [2.45, 2.75) is 26.7 Å². The molecule has 1 heterocycles. The van der Waals surface area contributed by atoms with Gasteiger partial charge < -0.3 is 20.3 Å². The Morgan fingerprint density at radius 2 is 1.96 bits per heavy atom. The monoisotopic (exact) mass is 350 g/mol. The minimum absolute atomic E-state index is 0.302. The van der Waals surface area contributed by atoms with Crippen molar-refractivity contribution in [1.82, 2.24) is 5.32 Å². The number of carbonyl (C=O) groups excluding carboxylic acids is 1. The van der Waals surface area contributed by atoms with E-state index in [4.69, 9.17) is 17.0 Å². The second kappa shape index (κ2) is 9.59. The molecule has 2 rings (SSSR count). The number of hydrogen-bond acceptors (Lipinski definition) is 3. The molecule has 0 radical (unpaired) electrons. The molecule has 1 saturated heterocycles. The minimum Gasteiger partial charge on any atom is -0.462 e. The predicted octanol–water partition coefficient (Wildman–Crippen LogP) is 1.46. The van der Waals surface area contributed by atoms with Gasteiger partial charge in [0, 0.05) is 5.69 Å². The third kappa shape index (κ3) is 6.09. The summed E-state index contributed by atoms with van der Waals surface area (Å²) in [6, 6.07) is 7.14. The summed E-state index contributed by atoms with van der Waals surface area (Å²) >= 11 is 5.32. The summed E-state index contributed by atoms with van der Waals surface area (Å²) in [5.41, 5.74) is 1.41. The lowest BCUT2D eigenvalue weighted by atomic mass is 9.99.